The van der Waals surface area contributed by atoms with Gasteiger partial charge < -0.3 is 0 Å². The van der Waals surface area contributed by atoms with E-state index in [1.54, 1.807) is 13.8 Å². The Morgan fingerprint density at radius 2 is 1.64 bits per heavy atom. The summed E-state index contributed by atoms with van der Waals surface area (Å²) in [6, 6.07) is 0. The molecule has 1 aliphatic rings. The molecule has 0 atom stereocenters. The molecule has 0 spiro atoms. The maximum Gasteiger partial charge on any atom is 0.389 e. The fraction of sp³-hybridized carbons (Fsp3) is 1.00. The lowest BCUT2D eigenvalue weighted by Crippen LogP contribution is -2.23. The smallest absolute Gasteiger partial charge is 0.171 e. The average Bonchev–Trinajstić information content (AvgIpc) is 2.30. The highest BCUT2D eigenvalue weighted by molar-refractivity contribution is 4.89. The third-order valence-corrected chi connectivity index (χ3v) is 2.34. The van der Waals surface area contributed by atoms with Crippen LogP contribution in [0.4, 0.5) is 13.2 Å². The minimum absolute atomic E-state index is 0.309. The molecule has 0 aromatic heterocycles. The highest BCUT2D eigenvalue weighted by atomic mass is 19.4. The van der Waals surface area contributed by atoms with E-state index in [0.29, 0.717) is 5.92 Å². The molecule has 1 saturated carbocycles. The molecule has 11 heavy (non-hydrogen) atoms. The summed E-state index contributed by atoms with van der Waals surface area (Å²) in [5.74, 6) is 0.309. The first-order valence-corrected chi connectivity index (χ1v) is 3.88. The van der Waals surface area contributed by atoms with E-state index in [0.717, 1.165) is 12.8 Å². The summed E-state index contributed by atoms with van der Waals surface area (Å²) >= 11 is 0. The van der Waals surface area contributed by atoms with Crippen molar-refractivity contribution in [3.05, 3.63) is 0 Å². The summed E-state index contributed by atoms with van der Waals surface area (Å²) in [6.45, 7) is 3.41. The first-order valence-electron chi connectivity index (χ1n) is 3.88. The summed E-state index contributed by atoms with van der Waals surface area (Å²) in [5, 5.41) is 0. The molecule has 1 aliphatic carbocycles. The van der Waals surface area contributed by atoms with Gasteiger partial charge in [0.2, 0.25) is 0 Å². The molecule has 0 radical (unpaired) electrons. The zero-order valence-electron chi connectivity index (χ0n) is 6.83. The topological polar surface area (TPSA) is 0 Å². The Kier molecular flexibility index (Phi) is 1.93. The van der Waals surface area contributed by atoms with Crippen molar-refractivity contribution in [1.29, 1.82) is 0 Å². The normalized spacial score (nSPS) is 20.5. The van der Waals surface area contributed by atoms with Gasteiger partial charge in [0.1, 0.15) is 0 Å². The molecule has 0 amide bonds. The van der Waals surface area contributed by atoms with Crippen LogP contribution in [0.5, 0.6) is 0 Å². The van der Waals surface area contributed by atoms with Crippen molar-refractivity contribution < 1.29 is 13.2 Å². The van der Waals surface area contributed by atoms with Crippen molar-refractivity contribution in [2.45, 2.75) is 39.3 Å². The van der Waals surface area contributed by atoms with Crippen LogP contribution in [-0.2, 0) is 0 Å². The molecule has 0 bridgehead atoms. The Labute approximate surface area is 64.8 Å². The molecule has 0 saturated heterocycles. The highest BCUT2D eigenvalue weighted by Crippen LogP contribution is 2.50. The third kappa shape index (κ3) is 2.72. The van der Waals surface area contributed by atoms with E-state index >= 15 is 0 Å². The maximum atomic E-state index is 11.9. The molecule has 0 nitrogen and oxygen atoms in total. The largest absolute Gasteiger partial charge is 0.389 e. The van der Waals surface area contributed by atoms with Crippen molar-refractivity contribution in [2.24, 2.45) is 11.3 Å². The Morgan fingerprint density at radius 1 is 1.18 bits per heavy atom. The third-order valence-electron chi connectivity index (χ3n) is 2.34. The summed E-state index contributed by atoms with van der Waals surface area (Å²) < 4.78 is 35.8. The van der Waals surface area contributed by atoms with E-state index in [9.17, 15) is 13.2 Å². The van der Waals surface area contributed by atoms with E-state index < -0.39 is 18.0 Å². The summed E-state index contributed by atoms with van der Waals surface area (Å²) in [6.07, 6.45) is -2.68. The van der Waals surface area contributed by atoms with Crippen LogP contribution in [-0.4, -0.2) is 6.18 Å². The molecular weight excluding hydrogens is 153 g/mol. The Hall–Kier alpha value is -0.210. The molecule has 0 aromatic carbocycles. The molecule has 1 fully saturated rings. The van der Waals surface area contributed by atoms with Gasteiger partial charge in [0.15, 0.2) is 0 Å². The number of rotatable bonds is 2. The predicted molar refractivity (Wildman–Crippen MR) is 37.2 cm³/mol. The Balaban J connectivity index is 2.45. The van der Waals surface area contributed by atoms with E-state index in [1.165, 1.54) is 0 Å². The first kappa shape index (κ1) is 8.88. The van der Waals surface area contributed by atoms with Crippen molar-refractivity contribution in [3.8, 4) is 0 Å². The summed E-state index contributed by atoms with van der Waals surface area (Å²) in [5.41, 5.74) is -0.530. The van der Waals surface area contributed by atoms with E-state index in [2.05, 4.69) is 0 Å². The second-order valence-electron chi connectivity index (χ2n) is 4.05. The predicted octanol–water partition coefficient (Wildman–Crippen LogP) is 3.38. The number of halogens is 3. The molecule has 66 valence electrons. The lowest BCUT2D eigenvalue weighted by Gasteiger charge is -2.25. The zero-order valence-corrected chi connectivity index (χ0v) is 6.83. The van der Waals surface area contributed by atoms with Gasteiger partial charge in [-0.25, -0.2) is 0 Å². The molecule has 3 heteroatoms. The fourth-order valence-corrected chi connectivity index (χ4v) is 1.53. The standard InChI is InChI=1S/C8H13F3/c1-7(2,6-3-4-6)5-8(9,10)11/h6H,3-5H2,1-2H3. The molecule has 0 N–H and O–H groups in total. The molecule has 0 heterocycles. The van der Waals surface area contributed by atoms with E-state index in [1.807, 2.05) is 0 Å². The van der Waals surface area contributed by atoms with Gasteiger partial charge in [-0.05, 0) is 24.2 Å². The first-order chi connectivity index (χ1) is 4.81. The minimum Gasteiger partial charge on any atom is -0.171 e. The van der Waals surface area contributed by atoms with Crippen LogP contribution in [0, 0.1) is 11.3 Å². The van der Waals surface area contributed by atoms with Gasteiger partial charge in [0.05, 0.1) is 0 Å². The fourth-order valence-electron chi connectivity index (χ4n) is 1.53. The van der Waals surface area contributed by atoms with Crippen LogP contribution in [0.3, 0.4) is 0 Å². The van der Waals surface area contributed by atoms with Crippen LogP contribution in [0.2, 0.25) is 0 Å². The highest BCUT2D eigenvalue weighted by Gasteiger charge is 2.45. The summed E-state index contributed by atoms with van der Waals surface area (Å²) in [7, 11) is 0. The van der Waals surface area contributed by atoms with Gasteiger partial charge >= 0.3 is 6.18 Å². The van der Waals surface area contributed by atoms with Gasteiger partial charge in [-0.3, -0.25) is 0 Å². The monoisotopic (exact) mass is 166 g/mol. The Bertz CT molecular complexity index is 142. The molecule has 0 aromatic rings. The second-order valence-corrected chi connectivity index (χ2v) is 4.05. The van der Waals surface area contributed by atoms with Crippen LogP contribution >= 0.6 is 0 Å². The Morgan fingerprint density at radius 3 is 1.91 bits per heavy atom. The minimum atomic E-state index is -3.99. The number of hydrogen-bond acceptors (Lipinski definition) is 0. The van der Waals surface area contributed by atoms with Gasteiger partial charge in [-0.2, -0.15) is 13.2 Å². The van der Waals surface area contributed by atoms with Crippen molar-refractivity contribution in [1.82, 2.24) is 0 Å². The number of hydrogen-bond donors (Lipinski definition) is 0. The van der Waals surface area contributed by atoms with Gasteiger partial charge in [-0.15, -0.1) is 0 Å². The van der Waals surface area contributed by atoms with Crippen LogP contribution < -0.4 is 0 Å². The van der Waals surface area contributed by atoms with Crippen molar-refractivity contribution >= 4 is 0 Å². The average molecular weight is 166 g/mol. The molecule has 0 unspecified atom stereocenters. The van der Waals surface area contributed by atoms with Crippen LogP contribution in [0.25, 0.3) is 0 Å². The van der Waals surface area contributed by atoms with Crippen LogP contribution in [0.1, 0.15) is 33.1 Å². The molecule has 0 aliphatic heterocycles. The van der Waals surface area contributed by atoms with Crippen molar-refractivity contribution in [3.63, 3.8) is 0 Å². The second kappa shape index (κ2) is 2.39. The van der Waals surface area contributed by atoms with Gasteiger partial charge in [0, 0.05) is 6.42 Å². The number of alkyl halides is 3. The summed E-state index contributed by atoms with van der Waals surface area (Å²) in [4.78, 5) is 0. The van der Waals surface area contributed by atoms with Gasteiger partial charge in [0.25, 0.3) is 0 Å². The van der Waals surface area contributed by atoms with Crippen LogP contribution in [0.15, 0.2) is 0 Å². The zero-order chi connectivity index (χ0) is 8.70. The lowest BCUT2D eigenvalue weighted by molar-refractivity contribution is -0.156. The van der Waals surface area contributed by atoms with Crippen molar-refractivity contribution in [2.75, 3.05) is 0 Å². The SMILES string of the molecule is CC(C)(CC(F)(F)F)C1CC1. The lowest BCUT2D eigenvalue weighted by atomic mass is 9.84. The maximum absolute atomic E-state index is 11.9. The quantitative estimate of drug-likeness (QED) is 0.590. The molecular formula is C8H13F3. The van der Waals surface area contributed by atoms with E-state index in [-0.39, 0.29) is 0 Å². The van der Waals surface area contributed by atoms with E-state index in [4.69, 9.17) is 0 Å². The van der Waals surface area contributed by atoms with Gasteiger partial charge in [-0.1, -0.05) is 13.8 Å². The molecule has 1 rings (SSSR count).